The van der Waals surface area contributed by atoms with Gasteiger partial charge in [0.1, 0.15) is 11.5 Å². The summed E-state index contributed by atoms with van der Waals surface area (Å²) in [4.78, 5) is 2.55. The van der Waals surface area contributed by atoms with Crippen LogP contribution in [0.3, 0.4) is 0 Å². The lowest BCUT2D eigenvalue weighted by molar-refractivity contribution is 0.245. The van der Waals surface area contributed by atoms with Crippen LogP contribution in [0.25, 0.3) is 6.08 Å². The highest BCUT2D eigenvalue weighted by atomic mass is 16.5. The van der Waals surface area contributed by atoms with Gasteiger partial charge in [-0.1, -0.05) is 72.8 Å². The van der Waals surface area contributed by atoms with E-state index >= 15 is 0 Å². The molecule has 0 amide bonds. The number of likely N-dealkylation sites (tertiary alicyclic amines) is 1. The van der Waals surface area contributed by atoms with Crippen LogP contribution in [-0.4, -0.2) is 37.9 Å². The van der Waals surface area contributed by atoms with Crippen molar-refractivity contribution in [2.75, 3.05) is 32.3 Å². The maximum absolute atomic E-state index is 5.46. The first-order valence-corrected chi connectivity index (χ1v) is 13.4. The molecular formula is C34H33N3O2. The molecule has 5 nitrogen and oxygen atoms in total. The molecule has 1 fully saturated rings. The number of anilines is 1. The van der Waals surface area contributed by atoms with Crippen LogP contribution in [0.4, 0.5) is 5.69 Å². The average molecular weight is 516 g/mol. The molecule has 2 unspecified atom stereocenters. The molecule has 1 saturated heterocycles. The van der Waals surface area contributed by atoms with Crippen LogP contribution in [0.2, 0.25) is 0 Å². The second-order valence-corrected chi connectivity index (χ2v) is 10.1. The quantitative estimate of drug-likeness (QED) is 0.270. The second-order valence-electron chi connectivity index (χ2n) is 10.1. The van der Waals surface area contributed by atoms with Crippen LogP contribution in [0.5, 0.6) is 11.5 Å². The monoisotopic (exact) mass is 515 g/mol. The fourth-order valence-corrected chi connectivity index (χ4v) is 5.68. The van der Waals surface area contributed by atoms with E-state index in [0.29, 0.717) is 0 Å². The maximum Gasteiger partial charge on any atom is 0.118 e. The molecule has 2 aliphatic rings. The van der Waals surface area contributed by atoms with Gasteiger partial charge in [0.15, 0.2) is 0 Å². The summed E-state index contributed by atoms with van der Waals surface area (Å²) in [5.41, 5.74) is 7.21. The first-order chi connectivity index (χ1) is 19.2. The Morgan fingerprint density at radius 3 is 2.03 bits per heavy atom. The minimum Gasteiger partial charge on any atom is -0.497 e. The van der Waals surface area contributed by atoms with Gasteiger partial charge in [0.25, 0.3) is 0 Å². The molecule has 0 bridgehead atoms. The van der Waals surface area contributed by atoms with Gasteiger partial charge in [0, 0.05) is 25.6 Å². The number of para-hydroxylation sites is 1. The second kappa shape index (κ2) is 11.2. The van der Waals surface area contributed by atoms with Crippen molar-refractivity contribution in [1.29, 1.82) is 0 Å². The molecule has 0 N–H and O–H groups in total. The van der Waals surface area contributed by atoms with Crippen molar-refractivity contribution in [3.8, 4) is 11.5 Å². The SMILES string of the molecule is COc1ccc(/C=C2\CN(Cc3ccccc3)CC3C2=NN(c2ccccc2)C3c2ccc(OC)cc2)cc1. The minimum atomic E-state index is 0.0751. The Morgan fingerprint density at radius 1 is 0.769 bits per heavy atom. The molecule has 0 aliphatic carbocycles. The molecule has 4 aromatic rings. The molecule has 196 valence electrons. The number of hydrazone groups is 1. The van der Waals surface area contributed by atoms with Crippen molar-refractivity contribution >= 4 is 17.5 Å². The van der Waals surface area contributed by atoms with Crippen LogP contribution in [-0.2, 0) is 6.54 Å². The zero-order chi connectivity index (χ0) is 26.6. The number of fused-ring (bicyclic) bond motifs is 1. The molecule has 6 rings (SSSR count). The van der Waals surface area contributed by atoms with Crippen molar-refractivity contribution in [1.82, 2.24) is 4.90 Å². The molecule has 0 saturated carbocycles. The first-order valence-electron chi connectivity index (χ1n) is 13.4. The predicted molar refractivity (Wildman–Crippen MR) is 158 cm³/mol. The van der Waals surface area contributed by atoms with Gasteiger partial charge in [-0.05, 0) is 64.7 Å². The van der Waals surface area contributed by atoms with Gasteiger partial charge in [-0.3, -0.25) is 9.91 Å². The van der Waals surface area contributed by atoms with Gasteiger partial charge in [0.05, 0.1) is 31.7 Å². The lowest BCUT2D eigenvalue weighted by Gasteiger charge is -2.36. The summed E-state index contributed by atoms with van der Waals surface area (Å²) < 4.78 is 10.9. The number of hydrogen-bond donors (Lipinski definition) is 0. The van der Waals surface area contributed by atoms with E-state index in [1.165, 1.54) is 22.4 Å². The molecule has 2 aliphatic heterocycles. The number of nitrogens with zero attached hydrogens (tertiary/aromatic N) is 3. The van der Waals surface area contributed by atoms with Gasteiger partial charge in [0.2, 0.25) is 0 Å². The Labute approximate surface area is 230 Å². The van der Waals surface area contributed by atoms with E-state index in [9.17, 15) is 0 Å². The Morgan fingerprint density at radius 2 is 1.38 bits per heavy atom. The summed E-state index contributed by atoms with van der Waals surface area (Å²) in [5.74, 6) is 1.93. The van der Waals surface area contributed by atoms with Crippen molar-refractivity contribution in [2.24, 2.45) is 11.0 Å². The Balaban J connectivity index is 1.43. The lowest BCUT2D eigenvalue weighted by Crippen LogP contribution is -2.43. The zero-order valence-electron chi connectivity index (χ0n) is 22.4. The zero-order valence-corrected chi connectivity index (χ0v) is 22.4. The fraction of sp³-hybridized carbons (Fsp3) is 0.206. The van der Waals surface area contributed by atoms with Crippen molar-refractivity contribution < 1.29 is 9.47 Å². The number of piperidine rings is 1. The van der Waals surface area contributed by atoms with Crippen molar-refractivity contribution in [3.63, 3.8) is 0 Å². The molecule has 4 aromatic carbocycles. The Bertz CT molecular complexity index is 1450. The van der Waals surface area contributed by atoms with Gasteiger partial charge in [-0.2, -0.15) is 5.10 Å². The van der Waals surface area contributed by atoms with E-state index in [4.69, 9.17) is 14.6 Å². The molecular weight excluding hydrogens is 482 g/mol. The average Bonchev–Trinajstić information content (AvgIpc) is 3.38. The largest absolute Gasteiger partial charge is 0.497 e. The third-order valence-electron chi connectivity index (χ3n) is 7.57. The van der Waals surface area contributed by atoms with Gasteiger partial charge >= 0.3 is 0 Å². The van der Waals surface area contributed by atoms with E-state index in [1.54, 1.807) is 14.2 Å². The topological polar surface area (TPSA) is 37.3 Å². The van der Waals surface area contributed by atoms with Crippen LogP contribution in [0.15, 0.2) is 120 Å². The highest BCUT2D eigenvalue weighted by Gasteiger charge is 2.44. The number of ether oxygens (including phenoxy) is 2. The maximum atomic E-state index is 5.46. The number of hydrogen-bond acceptors (Lipinski definition) is 5. The molecule has 39 heavy (non-hydrogen) atoms. The standard InChI is InChI=1S/C34H33N3O2/c1-38-30-17-13-25(14-18-30)21-28-23-36(22-26-9-5-3-6-10-26)24-32-33(28)35-37(29-11-7-4-8-12-29)34(32)27-15-19-31(39-2)20-16-27/h3-21,32,34H,22-24H2,1-2H3/b28-21+. The molecule has 0 radical (unpaired) electrons. The van der Waals surface area contributed by atoms with Gasteiger partial charge in [-0.15, -0.1) is 0 Å². The number of methoxy groups -OCH3 is 2. The summed E-state index contributed by atoms with van der Waals surface area (Å²) in [6.07, 6.45) is 2.29. The summed E-state index contributed by atoms with van der Waals surface area (Å²) in [6, 6.07) is 38.0. The number of rotatable bonds is 7. The van der Waals surface area contributed by atoms with E-state index in [1.807, 2.05) is 12.1 Å². The van der Waals surface area contributed by atoms with E-state index < -0.39 is 0 Å². The summed E-state index contributed by atoms with van der Waals surface area (Å²) in [7, 11) is 3.41. The normalized spacial score (nSPS) is 20.0. The smallest absolute Gasteiger partial charge is 0.118 e. The van der Waals surface area contributed by atoms with E-state index in [-0.39, 0.29) is 12.0 Å². The lowest BCUT2D eigenvalue weighted by atomic mass is 9.82. The minimum absolute atomic E-state index is 0.0751. The van der Waals surface area contributed by atoms with E-state index in [2.05, 4.69) is 113 Å². The third-order valence-corrected chi connectivity index (χ3v) is 7.57. The molecule has 2 heterocycles. The van der Waals surface area contributed by atoms with Crippen molar-refractivity contribution in [3.05, 3.63) is 131 Å². The van der Waals surface area contributed by atoms with Crippen LogP contribution in [0.1, 0.15) is 22.7 Å². The molecule has 0 spiro atoms. The molecule has 5 heteroatoms. The molecule has 0 aromatic heterocycles. The van der Waals surface area contributed by atoms with E-state index in [0.717, 1.165) is 42.4 Å². The Hall–Kier alpha value is -4.35. The highest BCUT2D eigenvalue weighted by molar-refractivity contribution is 6.09. The first kappa shape index (κ1) is 25.0. The Kier molecular flexibility index (Phi) is 7.15. The van der Waals surface area contributed by atoms with Crippen LogP contribution in [0, 0.1) is 5.92 Å². The molecule has 2 atom stereocenters. The predicted octanol–water partition coefficient (Wildman–Crippen LogP) is 6.84. The third kappa shape index (κ3) is 5.31. The number of benzene rings is 4. The van der Waals surface area contributed by atoms with Crippen LogP contribution >= 0.6 is 0 Å². The summed E-state index contributed by atoms with van der Waals surface area (Å²) >= 11 is 0. The van der Waals surface area contributed by atoms with Gasteiger partial charge < -0.3 is 9.47 Å². The highest BCUT2D eigenvalue weighted by Crippen LogP contribution is 2.43. The van der Waals surface area contributed by atoms with Gasteiger partial charge in [-0.25, -0.2) is 0 Å². The summed E-state index contributed by atoms with van der Waals surface area (Å²) in [6.45, 7) is 2.66. The van der Waals surface area contributed by atoms with Crippen LogP contribution < -0.4 is 14.5 Å². The summed E-state index contributed by atoms with van der Waals surface area (Å²) in [5, 5.41) is 7.55. The van der Waals surface area contributed by atoms with Crippen molar-refractivity contribution in [2.45, 2.75) is 12.6 Å². The fourth-order valence-electron chi connectivity index (χ4n) is 5.68.